The second-order valence-corrected chi connectivity index (χ2v) is 4.20. The van der Waals surface area contributed by atoms with Gasteiger partial charge in [0.2, 0.25) is 0 Å². The fraction of sp³-hybridized carbons (Fsp3) is 0. The monoisotopic (exact) mass is 236 g/mol. The van der Waals surface area contributed by atoms with Gasteiger partial charge in [0.05, 0.1) is 0 Å². The highest BCUT2D eigenvalue weighted by molar-refractivity contribution is 5.86. The molecule has 3 heteroatoms. The Kier molecular flexibility index (Phi) is 2.38. The van der Waals surface area contributed by atoms with Gasteiger partial charge in [-0.05, 0) is 34.7 Å². The lowest BCUT2D eigenvalue weighted by Crippen LogP contribution is -2.26. The second kappa shape index (κ2) is 4.04. The topological polar surface area (TPSA) is 48.0 Å². The number of fused-ring (bicyclic) bond motifs is 1. The lowest BCUT2D eigenvalue weighted by atomic mass is 10.0. The SMILES string of the molecule is Nn1ccc2cc(-c3ccccc3)ccc2c1=O. The number of hydrogen-bond donors (Lipinski definition) is 1. The summed E-state index contributed by atoms with van der Waals surface area (Å²) < 4.78 is 1.10. The van der Waals surface area contributed by atoms with E-state index >= 15 is 0 Å². The summed E-state index contributed by atoms with van der Waals surface area (Å²) in [5, 5.41) is 1.54. The van der Waals surface area contributed by atoms with Crippen LogP contribution >= 0.6 is 0 Å². The number of aromatic nitrogens is 1. The van der Waals surface area contributed by atoms with Crippen LogP contribution in [0.25, 0.3) is 21.9 Å². The number of rotatable bonds is 1. The van der Waals surface area contributed by atoms with Gasteiger partial charge in [0.25, 0.3) is 5.56 Å². The minimum atomic E-state index is -0.174. The molecule has 0 amide bonds. The molecule has 2 aromatic carbocycles. The van der Waals surface area contributed by atoms with Crippen molar-refractivity contribution in [3.8, 4) is 11.1 Å². The van der Waals surface area contributed by atoms with Crippen molar-refractivity contribution in [3.05, 3.63) is 71.1 Å². The van der Waals surface area contributed by atoms with Gasteiger partial charge < -0.3 is 5.84 Å². The molecule has 1 heterocycles. The molecular formula is C15H12N2O. The molecule has 3 aromatic rings. The minimum absolute atomic E-state index is 0.174. The maximum absolute atomic E-state index is 11.8. The van der Waals surface area contributed by atoms with Crippen molar-refractivity contribution < 1.29 is 0 Å². The van der Waals surface area contributed by atoms with Crippen LogP contribution in [0.15, 0.2) is 65.6 Å². The van der Waals surface area contributed by atoms with E-state index in [9.17, 15) is 4.79 Å². The minimum Gasteiger partial charge on any atom is -0.336 e. The van der Waals surface area contributed by atoms with Crippen LogP contribution in [0.2, 0.25) is 0 Å². The van der Waals surface area contributed by atoms with Gasteiger partial charge in [-0.25, -0.2) is 4.68 Å². The number of pyridine rings is 1. The van der Waals surface area contributed by atoms with Crippen molar-refractivity contribution in [1.82, 2.24) is 4.68 Å². The van der Waals surface area contributed by atoms with Crippen LogP contribution in [-0.4, -0.2) is 4.68 Å². The first-order chi connectivity index (χ1) is 8.75. The van der Waals surface area contributed by atoms with Gasteiger partial charge in [-0.3, -0.25) is 4.79 Å². The summed E-state index contributed by atoms with van der Waals surface area (Å²) in [5.74, 6) is 5.54. The Bertz CT molecular complexity index is 760. The van der Waals surface area contributed by atoms with Gasteiger partial charge in [-0.15, -0.1) is 0 Å². The fourth-order valence-electron chi connectivity index (χ4n) is 2.07. The zero-order chi connectivity index (χ0) is 12.5. The normalized spacial score (nSPS) is 10.7. The van der Waals surface area contributed by atoms with Crippen molar-refractivity contribution in [1.29, 1.82) is 0 Å². The highest BCUT2D eigenvalue weighted by Gasteiger charge is 2.03. The zero-order valence-corrected chi connectivity index (χ0v) is 9.71. The van der Waals surface area contributed by atoms with Crippen molar-refractivity contribution in [2.24, 2.45) is 0 Å². The Morgan fingerprint density at radius 3 is 2.44 bits per heavy atom. The predicted octanol–water partition coefficient (Wildman–Crippen LogP) is 2.38. The molecule has 3 rings (SSSR count). The molecule has 0 radical (unpaired) electrons. The number of nitrogens with two attached hydrogens (primary N) is 1. The van der Waals surface area contributed by atoms with E-state index in [1.807, 2.05) is 54.6 Å². The van der Waals surface area contributed by atoms with Gasteiger partial charge in [-0.2, -0.15) is 0 Å². The van der Waals surface area contributed by atoms with Crippen molar-refractivity contribution in [2.75, 3.05) is 5.84 Å². The summed E-state index contributed by atoms with van der Waals surface area (Å²) in [7, 11) is 0. The van der Waals surface area contributed by atoms with Crippen LogP contribution in [0, 0.1) is 0 Å². The molecule has 0 saturated heterocycles. The Morgan fingerprint density at radius 1 is 0.889 bits per heavy atom. The molecule has 0 bridgehead atoms. The Balaban J connectivity index is 2.25. The molecule has 88 valence electrons. The van der Waals surface area contributed by atoms with Gasteiger partial charge in [0.1, 0.15) is 0 Å². The van der Waals surface area contributed by atoms with Crippen LogP contribution in [0.4, 0.5) is 0 Å². The van der Waals surface area contributed by atoms with E-state index in [1.165, 1.54) is 0 Å². The highest BCUT2D eigenvalue weighted by Crippen LogP contribution is 2.22. The summed E-state index contributed by atoms with van der Waals surface area (Å²) in [4.78, 5) is 11.8. The number of nitrogens with zero attached hydrogens (tertiary/aromatic N) is 1. The van der Waals surface area contributed by atoms with Crippen LogP contribution < -0.4 is 11.4 Å². The summed E-state index contributed by atoms with van der Waals surface area (Å²) in [6.07, 6.45) is 1.58. The summed E-state index contributed by atoms with van der Waals surface area (Å²) in [6.45, 7) is 0. The standard InChI is InChI=1S/C15H12N2O/c16-17-9-8-13-10-12(6-7-14(13)15(17)18)11-4-2-1-3-5-11/h1-10H,16H2. The first-order valence-corrected chi connectivity index (χ1v) is 5.71. The molecule has 0 spiro atoms. The Morgan fingerprint density at radius 2 is 1.67 bits per heavy atom. The maximum atomic E-state index is 11.8. The molecule has 0 aliphatic heterocycles. The summed E-state index contributed by atoms with van der Waals surface area (Å²) in [5.41, 5.74) is 2.06. The third-order valence-electron chi connectivity index (χ3n) is 3.04. The van der Waals surface area contributed by atoms with Crippen LogP contribution in [0.1, 0.15) is 0 Å². The Labute approximate surface area is 104 Å². The maximum Gasteiger partial charge on any atom is 0.276 e. The van der Waals surface area contributed by atoms with E-state index in [0.29, 0.717) is 5.39 Å². The lowest BCUT2D eigenvalue weighted by Gasteiger charge is -2.05. The van der Waals surface area contributed by atoms with Crippen LogP contribution in [0.3, 0.4) is 0 Å². The quantitative estimate of drug-likeness (QED) is 0.659. The predicted molar refractivity (Wildman–Crippen MR) is 73.8 cm³/mol. The molecule has 0 atom stereocenters. The van der Waals surface area contributed by atoms with Crippen LogP contribution in [-0.2, 0) is 0 Å². The number of benzene rings is 2. The molecule has 3 nitrogen and oxygen atoms in total. The van der Waals surface area contributed by atoms with E-state index < -0.39 is 0 Å². The van der Waals surface area contributed by atoms with Crippen molar-refractivity contribution in [3.63, 3.8) is 0 Å². The van der Waals surface area contributed by atoms with Crippen molar-refractivity contribution >= 4 is 10.8 Å². The summed E-state index contributed by atoms with van der Waals surface area (Å²) in [6, 6.07) is 17.7. The molecule has 0 saturated carbocycles. The molecular weight excluding hydrogens is 224 g/mol. The van der Waals surface area contributed by atoms with Gasteiger partial charge in [0.15, 0.2) is 0 Å². The third kappa shape index (κ3) is 1.66. The van der Waals surface area contributed by atoms with E-state index in [4.69, 9.17) is 5.84 Å². The van der Waals surface area contributed by atoms with Crippen LogP contribution in [0.5, 0.6) is 0 Å². The molecule has 0 unspecified atom stereocenters. The summed E-state index contributed by atoms with van der Waals surface area (Å²) >= 11 is 0. The lowest BCUT2D eigenvalue weighted by molar-refractivity contribution is 0.953. The van der Waals surface area contributed by atoms with Gasteiger partial charge >= 0.3 is 0 Å². The first-order valence-electron chi connectivity index (χ1n) is 5.71. The molecule has 2 N–H and O–H groups in total. The number of nitrogen functional groups attached to an aromatic ring is 1. The second-order valence-electron chi connectivity index (χ2n) is 4.20. The molecule has 0 fully saturated rings. The zero-order valence-electron chi connectivity index (χ0n) is 9.71. The van der Waals surface area contributed by atoms with E-state index in [1.54, 1.807) is 6.20 Å². The molecule has 0 aliphatic rings. The average molecular weight is 236 g/mol. The highest BCUT2D eigenvalue weighted by atomic mass is 16.1. The molecule has 0 aliphatic carbocycles. The van der Waals surface area contributed by atoms with Gasteiger partial charge in [-0.1, -0.05) is 36.4 Å². The molecule has 1 aromatic heterocycles. The van der Waals surface area contributed by atoms with E-state index in [-0.39, 0.29) is 5.56 Å². The first kappa shape index (κ1) is 10.6. The largest absolute Gasteiger partial charge is 0.336 e. The van der Waals surface area contributed by atoms with Crippen molar-refractivity contribution in [2.45, 2.75) is 0 Å². The number of hydrogen-bond acceptors (Lipinski definition) is 2. The van der Waals surface area contributed by atoms with E-state index in [2.05, 4.69) is 0 Å². The average Bonchev–Trinajstić information content (AvgIpc) is 2.44. The van der Waals surface area contributed by atoms with E-state index in [0.717, 1.165) is 21.2 Å². The smallest absolute Gasteiger partial charge is 0.276 e. The Hall–Kier alpha value is -2.55. The third-order valence-corrected chi connectivity index (χ3v) is 3.04. The van der Waals surface area contributed by atoms with Gasteiger partial charge in [0, 0.05) is 11.6 Å². The molecule has 18 heavy (non-hydrogen) atoms. The fourth-order valence-corrected chi connectivity index (χ4v) is 2.07.